The summed E-state index contributed by atoms with van der Waals surface area (Å²) in [4.78, 5) is 4.36. The molecule has 2 aromatic heterocycles. The highest BCUT2D eigenvalue weighted by molar-refractivity contribution is 7.89. The zero-order valence-corrected chi connectivity index (χ0v) is 13.4. The summed E-state index contributed by atoms with van der Waals surface area (Å²) in [5.74, 6) is 0. The number of nitrogens with one attached hydrogen (secondary N) is 1. The maximum Gasteiger partial charge on any atom is 0.244 e. The van der Waals surface area contributed by atoms with Crippen molar-refractivity contribution in [3.63, 3.8) is 0 Å². The number of benzene rings is 1. The smallest absolute Gasteiger partial charge is 0.244 e. The summed E-state index contributed by atoms with van der Waals surface area (Å²) >= 11 is 1.49. The van der Waals surface area contributed by atoms with Crippen LogP contribution in [0.1, 0.15) is 10.7 Å². The van der Waals surface area contributed by atoms with Crippen molar-refractivity contribution in [2.45, 2.75) is 18.4 Å². The zero-order valence-electron chi connectivity index (χ0n) is 11.8. The molecule has 3 rings (SSSR count). The summed E-state index contributed by atoms with van der Waals surface area (Å²) in [6, 6.07) is 9.34. The first-order valence-corrected chi connectivity index (χ1v) is 8.92. The molecule has 3 aromatic rings. The average Bonchev–Trinajstić information content (AvgIpc) is 3.15. The molecule has 8 heteroatoms. The second kappa shape index (κ2) is 5.99. The van der Waals surface area contributed by atoms with E-state index in [4.69, 9.17) is 0 Å². The Kier molecular flexibility index (Phi) is 4.06. The third-order valence-electron chi connectivity index (χ3n) is 3.00. The van der Waals surface area contributed by atoms with E-state index < -0.39 is 10.0 Å². The quantitative estimate of drug-likeness (QED) is 0.775. The van der Waals surface area contributed by atoms with Crippen LogP contribution in [-0.2, 0) is 16.6 Å². The summed E-state index contributed by atoms with van der Waals surface area (Å²) in [6.45, 7) is 2.05. The van der Waals surface area contributed by atoms with Crippen LogP contribution < -0.4 is 4.72 Å². The predicted octanol–water partition coefficient (Wildman–Crippen LogP) is 2.12. The molecular formula is C14H14N4O2S2. The van der Waals surface area contributed by atoms with Gasteiger partial charge >= 0.3 is 0 Å². The fraction of sp³-hybridized carbons (Fsp3) is 0.143. The Morgan fingerprint density at radius 1 is 1.27 bits per heavy atom. The molecule has 0 saturated carbocycles. The van der Waals surface area contributed by atoms with Crippen LogP contribution in [0.5, 0.6) is 0 Å². The molecule has 0 aliphatic rings. The SMILES string of the molecule is Cc1nc(CNS(=O)(=O)c2cnn(-c3ccccc3)c2)cs1. The Morgan fingerprint density at radius 3 is 2.73 bits per heavy atom. The third-order valence-corrected chi connectivity index (χ3v) is 5.18. The largest absolute Gasteiger partial charge is 0.245 e. The Morgan fingerprint density at radius 2 is 2.05 bits per heavy atom. The van der Waals surface area contributed by atoms with Crippen molar-refractivity contribution < 1.29 is 8.42 Å². The molecule has 114 valence electrons. The summed E-state index contributed by atoms with van der Waals surface area (Å²) in [5, 5.41) is 6.84. The Bertz CT molecular complexity index is 869. The molecule has 6 nitrogen and oxygen atoms in total. The third kappa shape index (κ3) is 3.24. The molecule has 0 unspecified atom stereocenters. The molecule has 0 bridgehead atoms. The number of sulfonamides is 1. The Hall–Kier alpha value is -2.03. The van der Waals surface area contributed by atoms with Gasteiger partial charge in [-0.15, -0.1) is 11.3 Å². The number of aromatic nitrogens is 3. The van der Waals surface area contributed by atoms with Crippen LogP contribution >= 0.6 is 11.3 Å². The average molecular weight is 334 g/mol. The summed E-state index contributed by atoms with van der Waals surface area (Å²) < 4.78 is 28.6. The second-order valence-electron chi connectivity index (χ2n) is 4.64. The molecule has 1 N–H and O–H groups in total. The molecule has 0 amide bonds. The lowest BCUT2D eigenvalue weighted by Crippen LogP contribution is -2.23. The fourth-order valence-corrected chi connectivity index (χ4v) is 3.45. The molecule has 0 saturated heterocycles. The predicted molar refractivity (Wildman–Crippen MR) is 84.4 cm³/mol. The number of aryl methyl sites for hydroxylation is 1. The minimum absolute atomic E-state index is 0.128. The lowest BCUT2D eigenvalue weighted by Gasteiger charge is -2.02. The first-order valence-electron chi connectivity index (χ1n) is 6.55. The Balaban J connectivity index is 1.77. The number of nitrogens with zero attached hydrogens (tertiary/aromatic N) is 3. The maximum atomic E-state index is 12.3. The first kappa shape index (κ1) is 14.9. The number of thiazole rings is 1. The van der Waals surface area contributed by atoms with E-state index in [1.807, 2.05) is 42.6 Å². The lowest BCUT2D eigenvalue weighted by atomic mass is 10.3. The standard InChI is InChI=1S/C14H14N4O2S2/c1-11-17-12(10-21-11)7-16-22(19,20)14-8-15-18(9-14)13-5-3-2-4-6-13/h2-6,8-10,16H,7H2,1H3. The van der Waals surface area contributed by atoms with Gasteiger partial charge in [-0.1, -0.05) is 18.2 Å². The molecule has 0 fully saturated rings. The van der Waals surface area contributed by atoms with E-state index in [0.717, 1.165) is 10.7 Å². The van der Waals surface area contributed by atoms with Crippen LogP contribution in [0.2, 0.25) is 0 Å². The number of hydrogen-bond donors (Lipinski definition) is 1. The zero-order chi connectivity index (χ0) is 15.6. The summed E-state index contributed by atoms with van der Waals surface area (Å²) in [6.07, 6.45) is 2.82. The van der Waals surface area contributed by atoms with E-state index in [9.17, 15) is 8.42 Å². The molecule has 0 aliphatic heterocycles. The van der Waals surface area contributed by atoms with Crippen LogP contribution in [0.25, 0.3) is 5.69 Å². The molecular weight excluding hydrogens is 320 g/mol. The monoisotopic (exact) mass is 334 g/mol. The van der Waals surface area contributed by atoms with E-state index in [1.165, 1.54) is 28.4 Å². The van der Waals surface area contributed by atoms with Crippen molar-refractivity contribution in [1.82, 2.24) is 19.5 Å². The van der Waals surface area contributed by atoms with Crippen LogP contribution in [0, 0.1) is 6.92 Å². The van der Waals surface area contributed by atoms with Crippen molar-refractivity contribution in [3.8, 4) is 5.69 Å². The van der Waals surface area contributed by atoms with E-state index in [-0.39, 0.29) is 11.4 Å². The van der Waals surface area contributed by atoms with Gasteiger partial charge in [-0.25, -0.2) is 22.8 Å². The normalized spacial score (nSPS) is 11.7. The minimum Gasteiger partial charge on any atom is -0.245 e. The molecule has 1 aromatic carbocycles. The van der Waals surface area contributed by atoms with E-state index in [2.05, 4.69) is 14.8 Å². The van der Waals surface area contributed by atoms with Gasteiger partial charge in [0.05, 0.1) is 35.3 Å². The maximum absolute atomic E-state index is 12.3. The topological polar surface area (TPSA) is 76.9 Å². The van der Waals surface area contributed by atoms with Crippen molar-refractivity contribution in [3.05, 3.63) is 58.8 Å². The van der Waals surface area contributed by atoms with Gasteiger partial charge in [-0.05, 0) is 19.1 Å². The molecule has 0 spiro atoms. The van der Waals surface area contributed by atoms with Crippen molar-refractivity contribution in [2.75, 3.05) is 0 Å². The van der Waals surface area contributed by atoms with Crippen LogP contribution in [0.3, 0.4) is 0 Å². The van der Waals surface area contributed by atoms with Crippen molar-refractivity contribution >= 4 is 21.4 Å². The van der Waals surface area contributed by atoms with Gasteiger partial charge in [0.2, 0.25) is 10.0 Å². The Labute approximate surface area is 132 Å². The van der Waals surface area contributed by atoms with Gasteiger partial charge in [0.15, 0.2) is 0 Å². The fourth-order valence-electron chi connectivity index (χ4n) is 1.91. The first-order chi connectivity index (χ1) is 10.5. The number of para-hydroxylation sites is 1. The van der Waals surface area contributed by atoms with E-state index in [0.29, 0.717) is 5.69 Å². The van der Waals surface area contributed by atoms with Crippen LogP contribution in [0.4, 0.5) is 0 Å². The van der Waals surface area contributed by atoms with E-state index >= 15 is 0 Å². The molecule has 0 aliphatic carbocycles. The van der Waals surface area contributed by atoms with Gasteiger partial charge < -0.3 is 0 Å². The molecule has 0 atom stereocenters. The van der Waals surface area contributed by atoms with Gasteiger partial charge in [0.25, 0.3) is 0 Å². The van der Waals surface area contributed by atoms with Gasteiger partial charge in [0, 0.05) is 5.38 Å². The molecule has 0 radical (unpaired) electrons. The summed E-state index contributed by atoms with van der Waals surface area (Å²) in [5.41, 5.74) is 1.51. The highest BCUT2D eigenvalue weighted by Gasteiger charge is 2.17. The second-order valence-corrected chi connectivity index (χ2v) is 7.47. The van der Waals surface area contributed by atoms with Crippen LogP contribution in [0.15, 0.2) is 53.0 Å². The molecule has 22 heavy (non-hydrogen) atoms. The highest BCUT2D eigenvalue weighted by atomic mass is 32.2. The van der Waals surface area contributed by atoms with Crippen molar-refractivity contribution in [2.24, 2.45) is 0 Å². The highest BCUT2D eigenvalue weighted by Crippen LogP contribution is 2.13. The lowest BCUT2D eigenvalue weighted by molar-refractivity contribution is 0.580. The molecule has 2 heterocycles. The van der Waals surface area contributed by atoms with E-state index in [1.54, 1.807) is 0 Å². The number of rotatable bonds is 5. The van der Waals surface area contributed by atoms with Gasteiger partial charge in [-0.2, -0.15) is 5.10 Å². The minimum atomic E-state index is -3.61. The van der Waals surface area contributed by atoms with Gasteiger partial charge in [-0.3, -0.25) is 0 Å². The van der Waals surface area contributed by atoms with Gasteiger partial charge in [0.1, 0.15) is 4.90 Å². The number of hydrogen-bond acceptors (Lipinski definition) is 5. The van der Waals surface area contributed by atoms with Crippen molar-refractivity contribution in [1.29, 1.82) is 0 Å². The van der Waals surface area contributed by atoms with Crippen LogP contribution in [-0.4, -0.2) is 23.2 Å². The summed E-state index contributed by atoms with van der Waals surface area (Å²) in [7, 11) is -3.61.